The zero-order valence-electron chi connectivity index (χ0n) is 10.2. The van der Waals surface area contributed by atoms with Gasteiger partial charge in [-0.15, -0.1) is 0 Å². The number of rotatable bonds is 3. The second kappa shape index (κ2) is 4.02. The third-order valence-corrected chi connectivity index (χ3v) is 4.43. The van der Waals surface area contributed by atoms with E-state index in [1.807, 2.05) is 0 Å². The van der Waals surface area contributed by atoms with Gasteiger partial charge in [-0.1, -0.05) is 0 Å². The number of hydrogen-bond acceptors (Lipinski definition) is 2. The summed E-state index contributed by atoms with van der Waals surface area (Å²) in [4.78, 5) is 16.6. The van der Waals surface area contributed by atoms with Crippen LogP contribution in [-0.4, -0.2) is 47.9 Å². The van der Waals surface area contributed by atoms with Crippen molar-refractivity contribution in [2.24, 2.45) is 11.8 Å². The minimum Gasteiger partial charge on any atom is -0.340 e. The molecular formula is C13H22N2O. The van der Waals surface area contributed by atoms with Crippen molar-refractivity contribution in [2.75, 3.05) is 26.2 Å². The smallest absolute Gasteiger partial charge is 0.225 e. The molecule has 90 valence electrons. The molecule has 0 bridgehead atoms. The molecule has 16 heavy (non-hydrogen) atoms. The van der Waals surface area contributed by atoms with Crippen LogP contribution in [0.4, 0.5) is 0 Å². The molecule has 3 aliphatic rings. The third-order valence-electron chi connectivity index (χ3n) is 4.43. The van der Waals surface area contributed by atoms with Gasteiger partial charge >= 0.3 is 0 Å². The molecule has 1 unspecified atom stereocenters. The molecule has 2 aliphatic carbocycles. The van der Waals surface area contributed by atoms with E-state index in [0.717, 1.165) is 51.0 Å². The molecule has 3 fully saturated rings. The van der Waals surface area contributed by atoms with E-state index >= 15 is 0 Å². The molecule has 3 heteroatoms. The molecule has 0 spiro atoms. The summed E-state index contributed by atoms with van der Waals surface area (Å²) in [7, 11) is 0. The van der Waals surface area contributed by atoms with Gasteiger partial charge in [0.25, 0.3) is 0 Å². The monoisotopic (exact) mass is 222 g/mol. The number of nitrogens with zero attached hydrogens (tertiary/aromatic N) is 2. The van der Waals surface area contributed by atoms with Gasteiger partial charge in [0.05, 0.1) is 0 Å². The Morgan fingerprint density at radius 2 is 1.69 bits per heavy atom. The Kier molecular flexibility index (Phi) is 2.66. The van der Waals surface area contributed by atoms with Crippen molar-refractivity contribution in [3.63, 3.8) is 0 Å². The maximum atomic E-state index is 11.9. The van der Waals surface area contributed by atoms with Crippen molar-refractivity contribution in [1.29, 1.82) is 0 Å². The van der Waals surface area contributed by atoms with E-state index in [1.165, 1.54) is 12.8 Å². The van der Waals surface area contributed by atoms with Crippen molar-refractivity contribution >= 4 is 5.91 Å². The van der Waals surface area contributed by atoms with Gasteiger partial charge in [0.2, 0.25) is 5.91 Å². The van der Waals surface area contributed by atoms with E-state index in [9.17, 15) is 4.79 Å². The largest absolute Gasteiger partial charge is 0.340 e. The summed E-state index contributed by atoms with van der Waals surface area (Å²) in [6.07, 6.45) is 5.11. The van der Waals surface area contributed by atoms with E-state index < -0.39 is 0 Å². The molecule has 0 N–H and O–H groups in total. The van der Waals surface area contributed by atoms with Crippen molar-refractivity contribution in [1.82, 2.24) is 9.80 Å². The lowest BCUT2D eigenvalue weighted by atomic mass is 10.1. The van der Waals surface area contributed by atoms with Crippen LogP contribution in [0, 0.1) is 11.8 Å². The van der Waals surface area contributed by atoms with Gasteiger partial charge < -0.3 is 4.90 Å². The van der Waals surface area contributed by atoms with Crippen LogP contribution in [0.25, 0.3) is 0 Å². The van der Waals surface area contributed by atoms with Crippen LogP contribution in [0.15, 0.2) is 0 Å². The number of carbonyl (C=O) groups is 1. The highest BCUT2D eigenvalue weighted by atomic mass is 16.2. The molecular weight excluding hydrogens is 200 g/mol. The molecule has 1 aliphatic heterocycles. The standard InChI is InChI=1S/C13H22N2O/c1-10(11-2-3-11)14-6-8-15(9-7-14)13(16)12-4-5-12/h10-12H,2-9H2,1H3. The molecule has 1 heterocycles. The fraction of sp³-hybridized carbons (Fsp3) is 0.923. The summed E-state index contributed by atoms with van der Waals surface area (Å²) in [6.45, 7) is 6.47. The Bertz CT molecular complexity index is 276. The summed E-state index contributed by atoms with van der Waals surface area (Å²) < 4.78 is 0. The fourth-order valence-corrected chi connectivity index (χ4v) is 2.81. The highest BCUT2D eigenvalue weighted by Crippen LogP contribution is 2.36. The third kappa shape index (κ3) is 2.10. The molecule has 2 saturated carbocycles. The first kappa shape index (κ1) is 10.6. The van der Waals surface area contributed by atoms with Crippen molar-refractivity contribution in [3.8, 4) is 0 Å². The van der Waals surface area contributed by atoms with Gasteiger partial charge in [0.15, 0.2) is 0 Å². The Labute approximate surface area is 97.8 Å². The lowest BCUT2D eigenvalue weighted by molar-refractivity contribution is -0.134. The number of hydrogen-bond donors (Lipinski definition) is 0. The maximum absolute atomic E-state index is 11.9. The molecule has 1 amide bonds. The summed E-state index contributed by atoms with van der Waals surface area (Å²) in [5.74, 6) is 1.77. The van der Waals surface area contributed by atoms with E-state index in [2.05, 4.69) is 16.7 Å². The Hall–Kier alpha value is -0.570. The second-order valence-corrected chi connectivity index (χ2v) is 5.71. The zero-order valence-corrected chi connectivity index (χ0v) is 10.2. The van der Waals surface area contributed by atoms with Crippen molar-refractivity contribution in [2.45, 2.75) is 38.6 Å². The van der Waals surface area contributed by atoms with Crippen LogP contribution in [0.2, 0.25) is 0 Å². The lowest BCUT2D eigenvalue weighted by Crippen LogP contribution is -2.52. The normalized spacial score (nSPS) is 29.2. The maximum Gasteiger partial charge on any atom is 0.225 e. The molecule has 0 aromatic carbocycles. The Balaban J connectivity index is 1.49. The number of amides is 1. The van der Waals surface area contributed by atoms with Crippen LogP contribution in [-0.2, 0) is 4.79 Å². The van der Waals surface area contributed by atoms with Crippen LogP contribution in [0.3, 0.4) is 0 Å². The van der Waals surface area contributed by atoms with E-state index in [-0.39, 0.29) is 0 Å². The summed E-state index contributed by atoms with van der Waals surface area (Å²) in [5.41, 5.74) is 0. The number of carbonyl (C=O) groups excluding carboxylic acids is 1. The van der Waals surface area contributed by atoms with Crippen LogP contribution < -0.4 is 0 Å². The van der Waals surface area contributed by atoms with Crippen LogP contribution >= 0.6 is 0 Å². The molecule has 3 rings (SSSR count). The summed E-state index contributed by atoms with van der Waals surface area (Å²) in [6, 6.07) is 0.748. The van der Waals surface area contributed by atoms with Gasteiger partial charge in [0, 0.05) is 38.1 Å². The minimum absolute atomic E-state index is 0.396. The molecule has 1 atom stereocenters. The Morgan fingerprint density at radius 3 is 2.19 bits per heavy atom. The van der Waals surface area contributed by atoms with Crippen LogP contribution in [0.5, 0.6) is 0 Å². The molecule has 0 aromatic heterocycles. The summed E-state index contributed by atoms with van der Waals surface area (Å²) >= 11 is 0. The lowest BCUT2D eigenvalue weighted by Gasteiger charge is -2.38. The fourth-order valence-electron chi connectivity index (χ4n) is 2.81. The molecule has 3 nitrogen and oxygen atoms in total. The number of piperazine rings is 1. The second-order valence-electron chi connectivity index (χ2n) is 5.71. The SMILES string of the molecule is CC(C1CC1)N1CCN(C(=O)C2CC2)CC1. The molecule has 0 aromatic rings. The zero-order chi connectivity index (χ0) is 11.1. The quantitative estimate of drug-likeness (QED) is 0.719. The van der Waals surface area contributed by atoms with Gasteiger partial charge in [-0.05, 0) is 38.5 Å². The van der Waals surface area contributed by atoms with E-state index in [4.69, 9.17) is 0 Å². The average Bonchev–Trinajstić information content (AvgIpc) is 3.20. The summed E-state index contributed by atoms with van der Waals surface area (Å²) in [5, 5.41) is 0. The van der Waals surface area contributed by atoms with E-state index in [1.54, 1.807) is 0 Å². The first-order valence-corrected chi connectivity index (χ1v) is 6.78. The predicted molar refractivity (Wildman–Crippen MR) is 63.1 cm³/mol. The minimum atomic E-state index is 0.396. The predicted octanol–water partition coefficient (Wildman–Crippen LogP) is 1.34. The Morgan fingerprint density at radius 1 is 1.06 bits per heavy atom. The molecule has 1 saturated heterocycles. The van der Waals surface area contributed by atoms with Gasteiger partial charge in [-0.2, -0.15) is 0 Å². The van der Waals surface area contributed by atoms with Crippen molar-refractivity contribution in [3.05, 3.63) is 0 Å². The first-order chi connectivity index (χ1) is 7.75. The van der Waals surface area contributed by atoms with Crippen molar-refractivity contribution < 1.29 is 4.79 Å². The molecule has 0 radical (unpaired) electrons. The average molecular weight is 222 g/mol. The first-order valence-electron chi connectivity index (χ1n) is 6.78. The van der Waals surface area contributed by atoms with E-state index in [0.29, 0.717) is 11.8 Å². The highest BCUT2D eigenvalue weighted by Gasteiger charge is 2.37. The van der Waals surface area contributed by atoms with Gasteiger partial charge in [0.1, 0.15) is 0 Å². The van der Waals surface area contributed by atoms with Gasteiger partial charge in [-0.3, -0.25) is 9.69 Å². The topological polar surface area (TPSA) is 23.6 Å². The van der Waals surface area contributed by atoms with Gasteiger partial charge in [-0.25, -0.2) is 0 Å². The highest BCUT2D eigenvalue weighted by molar-refractivity contribution is 5.81. The van der Waals surface area contributed by atoms with Crippen LogP contribution in [0.1, 0.15) is 32.6 Å².